The van der Waals surface area contributed by atoms with Crippen LogP contribution in [0, 0.1) is 6.92 Å². The van der Waals surface area contributed by atoms with E-state index in [-0.39, 0.29) is 0 Å². The molecule has 0 heteroatoms. The van der Waals surface area contributed by atoms with E-state index in [1.165, 1.54) is 96.9 Å². The first-order chi connectivity index (χ1) is 13.8. The van der Waals surface area contributed by atoms with E-state index in [2.05, 4.69) is 74.5 Å². The van der Waals surface area contributed by atoms with E-state index in [0.717, 1.165) is 0 Å². The number of hydrogen-bond acceptors (Lipinski definition) is 0. The fourth-order valence-corrected chi connectivity index (χ4v) is 4.23. The van der Waals surface area contributed by atoms with E-state index < -0.39 is 0 Å². The van der Waals surface area contributed by atoms with Gasteiger partial charge in [0.2, 0.25) is 0 Å². The summed E-state index contributed by atoms with van der Waals surface area (Å²) in [5.74, 6) is 0. The Bertz CT molecular complexity index is 846. The molecule has 0 unspecified atom stereocenters. The van der Waals surface area contributed by atoms with Crippen LogP contribution in [0.25, 0.3) is 21.5 Å². The smallest absolute Gasteiger partial charge is 0.0218 e. The highest BCUT2D eigenvalue weighted by atomic mass is 14.1. The molecule has 0 aromatic heterocycles. The quantitative estimate of drug-likeness (QED) is 0.311. The number of fused-ring (bicyclic) bond motifs is 4. The third-order valence-electron chi connectivity index (χ3n) is 6.08. The van der Waals surface area contributed by atoms with Crippen LogP contribution < -0.4 is 0 Å². The van der Waals surface area contributed by atoms with Gasteiger partial charge in [0, 0.05) is 0 Å². The molecule has 28 heavy (non-hydrogen) atoms. The Labute approximate surface area is 171 Å². The predicted molar refractivity (Wildman–Crippen MR) is 126 cm³/mol. The predicted octanol–water partition coefficient (Wildman–Crippen LogP) is 8.94. The highest BCUT2D eigenvalue weighted by Gasteiger charge is 2.02. The maximum atomic E-state index is 2.32. The highest BCUT2D eigenvalue weighted by molar-refractivity contribution is 5.80. The number of aryl methyl sites for hydroxylation is 2. The topological polar surface area (TPSA) is 0 Å². The summed E-state index contributed by atoms with van der Waals surface area (Å²) in [6.07, 6.45) is 13.7. The van der Waals surface area contributed by atoms with Crippen molar-refractivity contribution in [2.75, 3.05) is 0 Å². The van der Waals surface area contributed by atoms with Gasteiger partial charge >= 0.3 is 0 Å². The number of rotatable bonds is 10. The lowest BCUT2D eigenvalue weighted by atomic mass is 9.97. The van der Waals surface area contributed by atoms with Gasteiger partial charge in [0.15, 0.2) is 0 Å². The van der Waals surface area contributed by atoms with Crippen molar-refractivity contribution in [3.05, 3.63) is 71.8 Å². The molecule has 0 atom stereocenters. The van der Waals surface area contributed by atoms with Crippen molar-refractivity contribution in [3.8, 4) is 0 Å². The van der Waals surface area contributed by atoms with Crippen LogP contribution in [0.5, 0.6) is 0 Å². The van der Waals surface area contributed by atoms with E-state index >= 15 is 0 Å². The van der Waals surface area contributed by atoms with Crippen LogP contribution >= 0.6 is 0 Å². The van der Waals surface area contributed by atoms with Gasteiger partial charge in [0.05, 0.1) is 0 Å². The van der Waals surface area contributed by atoms with E-state index in [0.29, 0.717) is 0 Å². The van der Waals surface area contributed by atoms with E-state index in [1.54, 1.807) is 0 Å². The SMILES string of the molecule is CCCCCCCCCCCc1c2cccc1ccc1cccc(cc2)c1C. The Morgan fingerprint density at radius 2 is 0.929 bits per heavy atom. The normalized spacial score (nSPS) is 11.2. The average molecular weight is 373 g/mol. The van der Waals surface area contributed by atoms with Crippen molar-refractivity contribution in [2.45, 2.75) is 78.1 Å². The third kappa shape index (κ3) is 5.71. The zero-order valence-electron chi connectivity index (χ0n) is 17.8. The second-order valence-corrected chi connectivity index (χ2v) is 8.22. The monoisotopic (exact) mass is 372 g/mol. The van der Waals surface area contributed by atoms with Crippen molar-refractivity contribution in [2.24, 2.45) is 0 Å². The molecule has 3 aromatic rings. The Hall–Kier alpha value is -2.08. The van der Waals surface area contributed by atoms with Crippen LogP contribution in [0.2, 0.25) is 0 Å². The van der Waals surface area contributed by atoms with Crippen LogP contribution in [0.4, 0.5) is 0 Å². The zero-order chi connectivity index (χ0) is 19.6. The Kier molecular flexibility index (Phi) is 8.15. The summed E-state index contributed by atoms with van der Waals surface area (Å²) in [6.45, 7) is 4.51. The second kappa shape index (κ2) is 11.1. The molecule has 3 rings (SSSR count). The van der Waals surface area contributed by atoms with Crippen molar-refractivity contribution >= 4 is 21.5 Å². The Morgan fingerprint density at radius 1 is 0.500 bits per heavy atom. The Morgan fingerprint density at radius 3 is 1.46 bits per heavy atom. The van der Waals surface area contributed by atoms with Gasteiger partial charge in [0.1, 0.15) is 0 Å². The summed E-state index contributed by atoms with van der Waals surface area (Å²) in [6, 6.07) is 22.6. The van der Waals surface area contributed by atoms with Crippen molar-refractivity contribution in [1.29, 1.82) is 0 Å². The molecule has 0 N–H and O–H groups in total. The minimum absolute atomic E-state index is 1.18. The molecule has 148 valence electrons. The van der Waals surface area contributed by atoms with Gasteiger partial charge in [0.25, 0.3) is 0 Å². The lowest BCUT2D eigenvalue weighted by Gasteiger charge is -2.08. The molecule has 0 saturated carbocycles. The summed E-state index contributed by atoms with van der Waals surface area (Å²) in [5.41, 5.74) is 2.88. The first kappa shape index (κ1) is 20.6. The van der Waals surface area contributed by atoms with Gasteiger partial charge in [-0.25, -0.2) is 0 Å². The van der Waals surface area contributed by atoms with Crippen LogP contribution in [-0.2, 0) is 6.42 Å². The number of hydrogen-bond donors (Lipinski definition) is 0. The molecule has 3 aromatic carbocycles. The van der Waals surface area contributed by atoms with Crippen molar-refractivity contribution < 1.29 is 0 Å². The molecule has 0 heterocycles. The summed E-state index contributed by atoms with van der Waals surface area (Å²) in [5, 5.41) is 5.41. The summed E-state index contributed by atoms with van der Waals surface area (Å²) in [7, 11) is 0. The third-order valence-corrected chi connectivity index (χ3v) is 6.08. The maximum absolute atomic E-state index is 2.32. The van der Waals surface area contributed by atoms with Gasteiger partial charge in [-0.15, -0.1) is 0 Å². The highest BCUT2D eigenvalue weighted by Crippen LogP contribution is 2.23. The first-order valence-electron chi connectivity index (χ1n) is 11.4. The van der Waals surface area contributed by atoms with Gasteiger partial charge in [-0.3, -0.25) is 0 Å². The fraction of sp³-hybridized carbons (Fsp3) is 0.429. The molecule has 0 radical (unpaired) electrons. The summed E-state index contributed by atoms with van der Waals surface area (Å²) >= 11 is 0. The average Bonchev–Trinajstić information content (AvgIpc) is 2.71. The largest absolute Gasteiger partial charge is 0.0654 e. The summed E-state index contributed by atoms with van der Waals surface area (Å²) in [4.78, 5) is 0. The molecule has 4 bridgehead atoms. The molecule has 0 aliphatic carbocycles. The number of benzene rings is 2. The standard InChI is InChI=1S/C28H36/c1-3-4-5-6-7-8-9-10-11-18-28-26-16-13-17-27(28)22-20-25-15-12-14-24(19-21-26)23(25)2/h12-17,19-22H,3-11,18H2,1-2H3. The molecule has 0 nitrogen and oxygen atoms in total. The van der Waals surface area contributed by atoms with Crippen LogP contribution in [-0.4, -0.2) is 0 Å². The van der Waals surface area contributed by atoms with Crippen LogP contribution in [0.3, 0.4) is 0 Å². The maximum Gasteiger partial charge on any atom is -0.0218 e. The van der Waals surface area contributed by atoms with Crippen LogP contribution in [0.1, 0.15) is 75.8 Å². The summed E-state index contributed by atoms with van der Waals surface area (Å²) < 4.78 is 0. The van der Waals surface area contributed by atoms with E-state index in [9.17, 15) is 0 Å². The lowest BCUT2D eigenvalue weighted by Crippen LogP contribution is -1.89. The molecule has 0 spiro atoms. The molecular formula is C28H36. The Balaban J connectivity index is 1.68. The molecule has 0 aliphatic rings. The number of unbranched alkanes of at least 4 members (excludes halogenated alkanes) is 8. The molecule has 0 amide bonds. The molecule has 0 saturated heterocycles. The van der Waals surface area contributed by atoms with Gasteiger partial charge in [-0.1, -0.05) is 119 Å². The van der Waals surface area contributed by atoms with Crippen molar-refractivity contribution in [3.63, 3.8) is 0 Å². The van der Waals surface area contributed by atoms with Gasteiger partial charge in [-0.2, -0.15) is 0 Å². The lowest BCUT2D eigenvalue weighted by molar-refractivity contribution is 0.565. The van der Waals surface area contributed by atoms with E-state index in [1.807, 2.05) is 0 Å². The molecular weight excluding hydrogens is 336 g/mol. The minimum atomic E-state index is 1.18. The zero-order valence-corrected chi connectivity index (χ0v) is 17.8. The molecule has 0 fully saturated rings. The van der Waals surface area contributed by atoms with Crippen molar-refractivity contribution in [1.82, 2.24) is 0 Å². The second-order valence-electron chi connectivity index (χ2n) is 8.22. The minimum Gasteiger partial charge on any atom is -0.0654 e. The van der Waals surface area contributed by atoms with E-state index in [4.69, 9.17) is 0 Å². The first-order valence-corrected chi connectivity index (χ1v) is 11.4. The van der Waals surface area contributed by atoms with Gasteiger partial charge < -0.3 is 0 Å². The van der Waals surface area contributed by atoms with Gasteiger partial charge in [-0.05, 0) is 52.4 Å². The van der Waals surface area contributed by atoms with Crippen LogP contribution in [0.15, 0.2) is 60.7 Å². The molecule has 0 aliphatic heterocycles. The fourth-order valence-electron chi connectivity index (χ4n) is 4.23.